The molecular formula is C10H9N5O2. The Labute approximate surface area is 97.6 Å². The maximum atomic E-state index is 10.8. The van der Waals surface area contributed by atoms with Gasteiger partial charge in [-0.15, -0.1) is 0 Å². The Bertz CT molecular complexity index is 498. The van der Waals surface area contributed by atoms with Crippen LogP contribution in [0.15, 0.2) is 6.20 Å². The molecule has 7 nitrogen and oxygen atoms in total. The normalized spacial score (nSPS) is 9.12. The number of aromatic nitrogens is 2. The number of carboxylic acids is 1. The number of rotatable bonds is 4. The molecule has 0 bridgehead atoms. The molecule has 1 aromatic heterocycles. The van der Waals surface area contributed by atoms with Gasteiger partial charge >= 0.3 is 5.97 Å². The van der Waals surface area contributed by atoms with Crippen LogP contribution >= 0.6 is 0 Å². The first-order valence-corrected chi connectivity index (χ1v) is 4.66. The Morgan fingerprint density at radius 3 is 2.47 bits per heavy atom. The zero-order valence-corrected chi connectivity index (χ0v) is 9.08. The third kappa shape index (κ3) is 2.89. The van der Waals surface area contributed by atoms with Crippen LogP contribution in [-0.4, -0.2) is 34.1 Å². The Morgan fingerprint density at radius 2 is 2.06 bits per heavy atom. The second-order valence-electron chi connectivity index (χ2n) is 3.15. The average Bonchev–Trinajstić information content (AvgIpc) is 2.28. The van der Waals surface area contributed by atoms with Crippen molar-refractivity contribution in [2.24, 2.45) is 0 Å². The molecule has 0 amide bonds. The number of anilines is 1. The van der Waals surface area contributed by atoms with Crippen LogP contribution in [-0.2, 0) is 0 Å². The predicted octanol–water partition coefficient (Wildman–Crippen LogP) is 0.337. The lowest BCUT2D eigenvalue weighted by molar-refractivity contribution is 0.0695. The van der Waals surface area contributed by atoms with E-state index in [9.17, 15) is 4.79 Å². The summed E-state index contributed by atoms with van der Waals surface area (Å²) in [5, 5.41) is 26.0. The number of hydrogen-bond acceptors (Lipinski definition) is 6. The van der Waals surface area contributed by atoms with Gasteiger partial charge in [-0.1, -0.05) is 0 Å². The molecule has 0 saturated carbocycles. The molecule has 0 saturated heterocycles. The molecule has 0 aliphatic heterocycles. The van der Waals surface area contributed by atoms with Gasteiger partial charge in [0.1, 0.15) is 13.1 Å². The Kier molecular flexibility index (Phi) is 3.96. The molecule has 1 heterocycles. The third-order valence-electron chi connectivity index (χ3n) is 2.00. The van der Waals surface area contributed by atoms with Crippen molar-refractivity contribution < 1.29 is 9.90 Å². The van der Waals surface area contributed by atoms with Gasteiger partial charge in [-0.25, -0.2) is 14.8 Å². The van der Waals surface area contributed by atoms with Crippen LogP contribution in [0.2, 0.25) is 0 Å². The molecule has 0 aliphatic rings. The van der Waals surface area contributed by atoms with Gasteiger partial charge in [0.05, 0.1) is 23.4 Å². The van der Waals surface area contributed by atoms with Crippen LogP contribution in [0.3, 0.4) is 0 Å². The van der Waals surface area contributed by atoms with Crippen molar-refractivity contribution in [3.8, 4) is 12.1 Å². The topological polar surface area (TPSA) is 114 Å². The quantitative estimate of drug-likeness (QED) is 0.743. The zero-order chi connectivity index (χ0) is 12.8. The number of carboxylic acid groups (broad SMARTS) is 1. The lowest BCUT2D eigenvalue weighted by Gasteiger charge is -2.15. The van der Waals surface area contributed by atoms with Crippen LogP contribution in [0.5, 0.6) is 0 Å². The molecular weight excluding hydrogens is 222 g/mol. The number of carbonyl (C=O) groups is 1. The highest BCUT2D eigenvalue weighted by atomic mass is 16.4. The largest absolute Gasteiger partial charge is 0.478 e. The van der Waals surface area contributed by atoms with E-state index in [4.69, 9.17) is 15.6 Å². The maximum absolute atomic E-state index is 10.8. The first-order valence-electron chi connectivity index (χ1n) is 4.66. The molecule has 1 N–H and O–H groups in total. The van der Waals surface area contributed by atoms with E-state index >= 15 is 0 Å². The van der Waals surface area contributed by atoms with Gasteiger partial charge in [0.2, 0.25) is 5.95 Å². The van der Waals surface area contributed by atoms with Gasteiger partial charge in [0.25, 0.3) is 0 Å². The maximum Gasteiger partial charge on any atom is 0.339 e. The Balaban J connectivity index is 3.07. The summed E-state index contributed by atoms with van der Waals surface area (Å²) in [6, 6.07) is 3.77. The molecule has 0 radical (unpaired) electrons. The first kappa shape index (κ1) is 12.4. The van der Waals surface area contributed by atoms with Gasteiger partial charge in [-0.2, -0.15) is 10.5 Å². The van der Waals surface area contributed by atoms with E-state index in [-0.39, 0.29) is 24.6 Å². The smallest absolute Gasteiger partial charge is 0.339 e. The van der Waals surface area contributed by atoms with Gasteiger partial charge in [-0.3, -0.25) is 0 Å². The fourth-order valence-corrected chi connectivity index (χ4v) is 1.19. The summed E-state index contributed by atoms with van der Waals surface area (Å²) in [7, 11) is 0. The SMILES string of the molecule is Cc1nc(N(CC#N)CC#N)ncc1C(=O)O. The van der Waals surface area contributed by atoms with Crippen molar-refractivity contribution >= 4 is 11.9 Å². The number of aromatic carboxylic acids is 1. The van der Waals surface area contributed by atoms with E-state index in [1.807, 2.05) is 12.1 Å². The lowest BCUT2D eigenvalue weighted by Crippen LogP contribution is -2.26. The van der Waals surface area contributed by atoms with E-state index in [2.05, 4.69) is 9.97 Å². The van der Waals surface area contributed by atoms with Crippen LogP contribution in [0.4, 0.5) is 5.95 Å². The Hall–Kier alpha value is -2.67. The average molecular weight is 231 g/mol. The predicted molar refractivity (Wildman–Crippen MR) is 57.2 cm³/mol. The second kappa shape index (κ2) is 5.42. The standard InChI is InChI=1S/C10H9N5O2/c1-7-8(9(16)17)6-13-10(14-7)15(4-2-11)5-3-12/h6H,4-5H2,1H3,(H,16,17). The van der Waals surface area contributed by atoms with E-state index < -0.39 is 5.97 Å². The molecule has 0 aliphatic carbocycles. The summed E-state index contributed by atoms with van der Waals surface area (Å²) in [6.45, 7) is 1.48. The monoisotopic (exact) mass is 231 g/mol. The fourth-order valence-electron chi connectivity index (χ4n) is 1.19. The molecule has 0 spiro atoms. The van der Waals surface area contributed by atoms with E-state index in [1.165, 1.54) is 18.0 Å². The molecule has 1 aromatic rings. The summed E-state index contributed by atoms with van der Waals surface area (Å²) in [4.78, 5) is 19.9. The van der Waals surface area contributed by atoms with Gasteiger partial charge in [0, 0.05) is 6.20 Å². The highest BCUT2D eigenvalue weighted by Gasteiger charge is 2.13. The van der Waals surface area contributed by atoms with Crippen LogP contribution in [0.1, 0.15) is 16.1 Å². The number of nitrogens with zero attached hydrogens (tertiary/aromatic N) is 5. The minimum atomic E-state index is -1.11. The summed E-state index contributed by atoms with van der Waals surface area (Å²) >= 11 is 0. The molecule has 17 heavy (non-hydrogen) atoms. The van der Waals surface area contributed by atoms with Gasteiger partial charge in [0.15, 0.2) is 0 Å². The minimum absolute atomic E-state index is 0.00242. The summed E-state index contributed by atoms with van der Waals surface area (Å²) < 4.78 is 0. The van der Waals surface area contributed by atoms with Crippen molar-refractivity contribution in [3.63, 3.8) is 0 Å². The molecule has 86 valence electrons. The van der Waals surface area contributed by atoms with Crippen molar-refractivity contribution in [1.82, 2.24) is 9.97 Å². The molecule has 0 aromatic carbocycles. The van der Waals surface area contributed by atoms with Crippen LogP contribution in [0.25, 0.3) is 0 Å². The van der Waals surface area contributed by atoms with Gasteiger partial charge in [-0.05, 0) is 6.92 Å². The van der Waals surface area contributed by atoms with Crippen molar-refractivity contribution in [2.45, 2.75) is 6.92 Å². The van der Waals surface area contributed by atoms with Crippen molar-refractivity contribution in [1.29, 1.82) is 10.5 Å². The number of nitriles is 2. The van der Waals surface area contributed by atoms with Crippen LogP contribution < -0.4 is 4.90 Å². The third-order valence-corrected chi connectivity index (χ3v) is 2.00. The Morgan fingerprint density at radius 1 is 1.47 bits per heavy atom. The molecule has 0 unspecified atom stereocenters. The number of hydrogen-bond donors (Lipinski definition) is 1. The molecule has 7 heteroatoms. The molecule has 0 fully saturated rings. The summed E-state index contributed by atoms with van der Waals surface area (Å²) in [6.07, 6.45) is 1.17. The summed E-state index contributed by atoms with van der Waals surface area (Å²) in [5.74, 6) is -0.934. The van der Waals surface area contributed by atoms with E-state index in [1.54, 1.807) is 0 Å². The highest BCUT2D eigenvalue weighted by Crippen LogP contribution is 2.10. The summed E-state index contributed by atoms with van der Waals surface area (Å²) in [5.41, 5.74) is 0.297. The lowest BCUT2D eigenvalue weighted by atomic mass is 10.2. The minimum Gasteiger partial charge on any atom is -0.478 e. The highest BCUT2D eigenvalue weighted by molar-refractivity contribution is 5.88. The van der Waals surface area contributed by atoms with E-state index in [0.29, 0.717) is 5.69 Å². The van der Waals surface area contributed by atoms with Crippen molar-refractivity contribution in [3.05, 3.63) is 17.5 Å². The fraction of sp³-hybridized carbons (Fsp3) is 0.300. The zero-order valence-electron chi connectivity index (χ0n) is 9.08. The van der Waals surface area contributed by atoms with Gasteiger partial charge < -0.3 is 10.0 Å². The number of aryl methyl sites for hydroxylation is 1. The van der Waals surface area contributed by atoms with E-state index in [0.717, 1.165) is 0 Å². The van der Waals surface area contributed by atoms with Crippen molar-refractivity contribution in [2.75, 3.05) is 18.0 Å². The van der Waals surface area contributed by atoms with Crippen LogP contribution in [0, 0.1) is 29.6 Å². The molecule has 0 atom stereocenters. The first-order chi connectivity index (χ1) is 8.10. The second-order valence-corrected chi connectivity index (χ2v) is 3.15. The molecule has 1 rings (SSSR count).